The van der Waals surface area contributed by atoms with Crippen molar-refractivity contribution in [3.63, 3.8) is 0 Å². The second-order valence-electron chi connectivity index (χ2n) is 4.14. The van der Waals surface area contributed by atoms with E-state index in [1.165, 1.54) is 32.4 Å². The van der Waals surface area contributed by atoms with Crippen molar-refractivity contribution in [2.24, 2.45) is 0 Å². The van der Waals surface area contributed by atoms with Crippen LogP contribution in [0.25, 0.3) is 10.9 Å². The molecule has 1 amide bonds. The highest BCUT2D eigenvalue weighted by Gasteiger charge is 2.11. The van der Waals surface area contributed by atoms with Gasteiger partial charge in [0.1, 0.15) is 11.5 Å². The summed E-state index contributed by atoms with van der Waals surface area (Å²) in [4.78, 5) is 16.1. The number of amides is 1. The summed E-state index contributed by atoms with van der Waals surface area (Å²) in [7, 11) is 2.98. The lowest BCUT2D eigenvalue weighted by Gasteiger charge is -2.13. The van der Waals surface area contributed by atoms with Gasteiger partial charge in [-0.3, -0.25) is 4.79 Å². The highest BCUT2D eigenvalue weighted by molar-refractivity contribution is 5.94. The third kappa shape index (κ3) is 3.28. The van der Waals surface area contributed by atoms with E-state index in [1.54, 1.807) is 12.1 Å². The van der Waals surface area contributed by atoms with E-state index in [-0.39, 0.29) is 24.0 Å². The molecule has 1 aromatic carbocycles. The van der Waals surface area contributed by atoms with Crippen LogP contribution in [-0.4, -0.2) is 37.9 Å². The summed E-state index contributed by atoms with van der Waals surface area (Å²) in [6, 6.07) is 7.42. The number of aromatic nitrogens is 1. The van der Waals surface area contributed by atoms with Crippen LogP contribution < -0.4 is 5.32 Å². The first-order chi connectivity index (χ1) is 9.63. The van der Waals surface area contributed by atoms with E-state index in [0.717, 1.165) is 0 Å². The van der Waals surface area contributed by atoms with Crippen LogP contribution in [0.1, 0.15) is 10.5 Å². The maximum absolute atomic E-state index is 13.0. The minimum Gasteiger partial charge on any atom is -0.354 e. The number of nitrogens with one attached hydrogen (secondary N) is 1. The quantitative estimate of drug-likeness (QED) is 0.846. The Bertz CT molecular complexity index is 614. The Morgan fingerprint density at radius 1 is 1.30 bits per heavy atom. The summed E-state index contributed by atoms with van der Waals surface area (Å²) < 4.78 is 23.0. The van der Waals surface area contributed by atoms with Gasteiger partial charge in [0.25, 0.3) is 5.91 Å². The molecule has 1 heterocycles. The summed E-state index contributed by atoms with van der Waals surface area (Å²) in [5, 5.41) is 3.30. The van der Waals surface area contributed by atoms with Crippen molar-refractivity contribution in [1.82, 2.24) is 10.3 Å². The first-order valence-electron chi connectivity index (χ1n) is 6.04. The van der Waals surface area contributed by atoms with E-state index in [1.807, 2.05) is 0 Å². The van der Waals surface area contributed by atoms with Gasteiger partial charge in [-0.25, -0.2) is 9.37 Å². The van der Waals surface area contributed by atoms with E-state index in [0.29, 0.717) is 10.9 Å². The van der Waals surface area contributed by atoms with E-state index in [9.17, 15) is 9.18 Å². The van der Waals surface area contributed by atoms with Crippen molar-refractivity contribution in [2.75, 3.05) is 20.8 Å². The molecule has 0 saturated carbocycles. The van der Waals surface area contributed by atoms with E-state index < -0.39 is 6.29 Å². The van der Waals surface area contributed by atoms with Gasteiger partial charge >= 0.3 is 0 Å². The number of hydrogen-bond acceptors (Lipinski definition) is 4. The number of carbonyl (C=O) groups is 1. The highest BCUT2D eigenvalue weighted by Crippen LogP contribution is 2.14. The van der Waals surface area contributed by atoms with Crippen LogP contribution in [0.5, 0.6) is 0 Å². The van der Waals surface area contributed by atoms with Crippen molar-refractivity contribution in [3.8, 4) is 0 Å². The molecule has 1 N–H and O–H groups in total. The van der Waals surface area contributed by atoms with Crippen LogP contribution in [0.15, 0.2) is 30.3 Å². The van der Waals surface area contributed by atoms with Gasteiger partial charge in [-0.2, -0.15) is 0 Å². The molecular formula is C14H15FN2O3. The molecule has 20 heavy (non-hydrogen) atoms. The lowest BCUT2D eigenvalue weighted by atomic mass is 10.2. The highest BCUT2D eigenvalue weighted by atomic mass is 19.1. The second kappa shape index (κ2) is 6.40. The minimum atomic E-state index is -0.506. The van der Waals surface area contributed by atoms with E-state index in [2.05, 4.69) is 10.3 Å². The minimum absolute atomic E-state index is 0.217. The topological polar surface area (TPSA) is 60.5 Å². The summed E-state index contributed by atoms with van der Waals surface area (Å²) >= 11 is 0. The Labute approximate surface area is 115 Å². The molecule has 0 bridgehead atoms. The Morgan fingerprint density at radius 2 is 2.05 bits per heavy atom. The molecule has 5 nitrogen and oxygen atoms in total. The molecule has 106 valence electrons. The third-order valence-corrected chi connectivity index (χ3v) is 2.84. The molecule has 2 aromatic rings. The Balaban J connectivity index is 2.12. The molecule has 2 rings (SSSR count). The van der Waals surface area contributed by atoms with Crippen LogP contribution in [-0.2, 0) is 9.47 Å². The standard InChI is InChI=1S/C14H15FN2O3/c1-19-13(20-2)8-16-14(18)12-5-3-9-7-10(15)4-6-11(9)17-12/h3-7,13H,8H2,1-2H3,(H,16,18). The number of hydrogen-bond donors (Lipinski definition) is 1. The Hall–Kier alpha value is -2.05. The SMILES string of the molecule is COC(CNC(=O)c1ccc2cc(F)ccc2n1)OC. The first-order valence-corrected chi connectivity index (χ1v) is 6.04. The lowest BCUT2D eigenvalue weighted by molar-refractivity contribution is -0.0974. The fraction of sp³-hybridized carbons (Fsp3) is 0.286. The normalized spacial score (nSPS) is 11.0. The molecule has 6 heteroatoms. The number of rotatable bonds is 5. The van der Waals surface area contributed by atoms with Gasteiger partial charge < -0.3 is 14.8 Å². The molecule has 0 radical (unpaired) electrons. The molecule has 0 atom stereocenters. The number of carbonyl (C=O) groups excluding carboxylic acids is 1. The maximum atomic E-state index is 13.0. The lowest BCUT2D eigenvalue weighted by Crippen LogP contribution is -2.34. The van der Waals surface area contributed by atoms with Crippen molar-refractivity contribution < 1.29 is 18.7 Å². The summed E-state index contributed by atoms with van der Waals surface area (Å²) in [6.45, 7) is 0.217. The fourth-order valence-electron chi connectivity index (χ4n) is 1.75. The largest absolute Gasteiger partial charge is 0.354 e. The number of pyridine rings is 1. The van der Waals surface area contributed by atoms with Gasteiger partial charge in [0.2, 0.25) is 0 Å². The number of halogens is 1. The summed E-state index contributed by atoms with van der Waals surface area (Å²) in [5.41, 5.74) is 0.823. The van der Waals surface area contributed by atoms with Crippen LogP contribution in [0.4, 0.5) is 4.39 Å². The summed E-state index contributed by atoms with van der Waals surface area (Å²) in [5.74, 6) is -0.671. The zero-order valence-electron chi connectivity index (χ0n) is 11.2. The fourth-order valence-corrected chi connectivity index (χ4v) is 1.75. The van der Waals surface area contributed by atoms with Crippen molar-refractivity contribution >= 4 is 16.8 Å². The average Bonchev–Trinajstić information content (AvgIpc) is 2.47. The predicted molar refractivity (Wildman–Crippen MR) is 71.8 cm³/mol. The molecule has 0 saturated heterocycles. The van der Waals surface area contributed by atoms with Crippen LogP contribution in [0.2, 0.25) is 0 Å². The van der Waals surface area contributed by atoms with Gasteiger partial charge in [0, 0.05) is 19.6 Å². The number of ether oxygens (including phenoxy) is 2. The van der Waals surface area contributed by atoms with Crippen LogP contribution in [0, 0.1) is 5.82 Å². The number of benzene rings is 1. The van der Waals surface area contributed by atoms with E-state index >= 15 is 0 Å². The van der Waals surface area contributed by atoms with Crippen LogP contribution in [0.3, 0.4) is 0 Å². The average molecular weight is 278 g/mol. The molecule has 0 aliphatic heterocycles. The molecule has 0 aliphatic rings. The van der Waals surface area contributed by atoms with Crippen molar-refractivity contribution in [1.29, 1.82) is 0 Å². The molecule has 0 spiro atoms. The van der Waals surface area contributed by atoms with E-state index in [4.69, 9.17) is 9.47 Å². The predicted octanol–water partition coefficient (Wildman–Crippen LogP) is 1.72. The van der Waals surface area contributed by atoms with Gasteiger partial charge in [0.05, 0.1) is 12.1 Å². The molecule has 0 unspecified atom stereocenters. The van der Waals surface area contributed by atoms with Gasteiger partial charge in [-0.15, -0.1) is 0 Å². The molecule has 0 fully saturated rings. The molecule has 0 aliphatic carbocycles. The monoisotopic (exact) mass is 278 g/mol. The maximum Gasteiger partial charge on any atom is 0.270 e. The third-order valence-electron chi connectivity index (χ3n) is 2.84. The van der Waals surface area contributed by atoms with Gasteiger partial charge in [-0.1, -0.05) is 6.07 Å². The molecular weight excluding hydrogens is 263 g/mol. The number of fused-ring (bicyclic) bond motifs is 1. The number of methoxy groups -OCH3 is 2. The van der Waals surface area contributed by atoms with Crippen LogP contribution >= 0.6 is 0 Å². The smallest absolute Gasteiger partial charge is 0.270 e. The summed E-state index contributed by atoms with van der Waals surface area (Å²) in [6.07, 6.45) is -0.506. The Kier molecular flexibility index (Phi) is 4.60. The zero-order chi connectivity index (χ0) is 14.5. The zero-order valence-corrected chi connectivity index (χ0v) is 11.2. The number of nitrogens with zero attached hydrogens (tertiary/aromatic N) is 1. The van der Waals surface area contributed by atoms with Gasteiger partial charge in [-0.05, 0) is 24.3 Å². The molecule has 1 aromatic heterocycles. The van der Waals surface area contributed by atoms with Crippen molar-refractivity contribution in [3.05, 3.63) is 41.8 Å². The Morgan fingerprint density at radius 3 is 2.75 bits per heavy atom. The van der Waals surface area contributed by atoms with Gasteiger partial charge in [0.15, 0.2) is 6.29 Å². The van der Waals surface area contributed by atoms with Crippen molar-refractivity contribution in [2.45, 2.75) is 6.29 Å². The second-order valence-corrected chi connectivity index (χ2v) is 4.14. The first kappa shape index (κ1) is 14.4.